The molecule has 1 atom stereocenters. The summed E-state index contributed by atoms with van der Waals surface area (Å²) in [6.45, 7) is 6.39. The van der Waals surface area contributed by atoms with E-state index in [1.807, 2.05) is 7.05 Å². The number of H-pyrrole nitrogens is 1. The van der Waals surface area contributed by atoms with Crippen molar-refractivity contribution in [2.75, 3.05) is 7.05 Å². The predicted molar refractivity (Wildman–Crippen MR) is 59.6 cm³/mol. The summed E-state index contributed by atoms with van der Waals surface area (Å²) in [6, 6.07) is 0.257. The summed E-state index contributed by atoms with van der Waals surface area (Å²) >= 11 is 0. The van der Waals surface area contributed by atoms with Crippen LogP contribution in [0.2, 0.25) is 0 Å². The molecule has 84 valence electrons. The second-order valence-electron chi connectivity index (χ2n) is 4.38. The highest BCUT2D eigenvalue weighted by atomic mass is 16.2. The zero-order chi connectivity index (χ0) is 11.4. The Bertz CT molecular complexity index is 306. The van der Waals surface area contributed by atoms with Crippen molar-refractivity contribution >= 4 is 5.91 Å². The van der Waals surface area contributed by atoms with Crippen LogP contribution in [0.1, 0.15) is 37.6 Å². The van der Waals surface area contributed by atoms with Crippen LogP contribution in [0.3, 0.4) is 0 Å². The van der Waals surface area contributed by atoms with Crippen LogP contribution < -0.4 is 0 Å². The molecule has 0 saturated carbocycles. The molecule has 0 saturated heterocycles. The summed E-state index contributed by atoms with van der Waals surface area (Å²) in [5, 5.41) is 6.42. The first kappa shape index (κ1) is 11.8. The van der Waals surface area contributed by atoms with Gasteiger partial charge in [0.2, 0.25) is 0 Å². The molecule has 0 aliphatic heterocycles. The lowest BCUT2D eigenvalue weighted by Gasteiger charge is -2.25. The van der Waals surface area contributed by atoms with Gasteiger partial charge in [-0.15, -0.1) is 0 Å². The number of nitrogens with zero attached hydrogens (tertiary/aromatic N) is 2. The van der Waals surface area contributed by atoms with Gasteiger partial charge in [-0.2, -0.15) is 5.10 Å². The van der Waals surface area contributed by atoms with Gasteiger partial charge < -0.3 is 4.90 Å². The number of amides is 1. The first-order valence-electron chi connectivity index (χ1n) is 5.28. The predicted octanol–water partition coefficient (Wildman–Crippen LogP) is 1.92. The van der Waals surface area contributed by atoms with E-state index in [1.165, 1.54) is 0 Å². The van der Waals surface area contributed by atoms with E-state index in [4.69, 9.17) is 0 Å². The number of carbonyl (C=O) groups excluding carboxylic acids is 1. The molecule has 1 N–H and O–H groups in total. The molecule has 1 aromatic rings. The molecule has 4 heteroatoms. The zero-order valence-electron chi connectivity index (χ0n) is 9.82. The Morgan fingerprint density at radius 1 is 1.53 bits per heavy atom. The number of hydrogen-bond acceptors (Lipinski definition) is 2. The molecule has 15 heavy (non-hydrogen) atoms. The van der Waals surface area contributed by atoms with Crippen molar-refractivity contribution in [1.82, 2.24) is 15.1 Å². The van der Waals surface area contributed by atoms with Crippen LogP contribution in [-0.4, -0.2) is 34.1 Å². The van der Waals surface area contributed by atoms with Crippen LogP contribution >= 0.6 is 0 Å². The van der Waals surface area contributed by atoms with Crippen molar-refractivity contribution < 1.29 is 4.79 Å². The monoisotopic (exact) mass is 209 g/mol. The van der Waals surface area contributed by atoms with Gasteiger partial charge in [-0.25, -0.2) is 0 Å². The Morgan fingerprint density at radius 2 is 2.20 bits per heavy atom. The fourth-order valence-corrected chi connectivity index (χ4v) is 1.61. The van der Waals surface area contributed by atoms with E-state index in [-0.39, 0.29) is 11.9 Å². The average molecular weight is 209 g/mol. The highest BCUT2D eigenvalue weighted by molar-refractivity contribution is 5.93. The summed E-state index contributed by atoms with van der Waals surface area (Å²) in [4.78, 5) is 13.7. The minimum atomic E-state index is 0.0249. The van der Waals surface area contributed by atoms with Gasteiger partial charge in [-0.05, 0) is 19.3 Å². The lowest BCUT2D eigenvalue weighted by molar-refractivity contribution is 0.0728. The fourth-order valence-electron chi connectivity index (χ4n) is 1.61. The number of carbonyl (C=O) groups is 1. The van der Waals surface area contributed by atoms with Gasteiger partial charge in [-0.1, -0.05) is 13.8 Å². The molecule has 0 fully saturated rings. The van der Waals surface area contributed by atoms with E-state index in [1.54, 1.807) is 17.3 Å². The van der Waals surface area contributed by atoms with Crippen LogP contribution in [0.15, 0.2) is 12.4 Å². The number of rotatable bonds is 4. The second kappa shape index (κ2) is 4.96. The second-order valence-corrected chi connectivity index (χ2v) is 4.38. The smallest absolute Gasteiger partial charge is 0.257 e. The maximum atomic E-state index is 11.9. The third-order valence-electron chi connectivity index (χ3n) is 2.54. The molecule has 4 nitrogen and oxygen atoms in total. The number of aromatic nitrogens is 2. The molecular weight excluding hydrogens is 190 g/mol. The molecular formula is C11H19N3O. The lowest BCUT2D eigenvalue weighted by atomic mass is 10.0. The van der Waals surface area contributed by atoms with E-state index in [9.17, 15) is 4.79 Å². The standard InChI is InChI=1S/C11H19N3O/c1-8(2)5-9(3)14(4)11(15)10-6-12-13-7-10/h6-9H,5H2,1-4H3,(H,12,13). The topological polar surface area (TPSA) is 49.0 Å². The Kier molecular flexibility index (Phi) is 3.88. The van der Waals surface area contributed by atoms with Gasteiger partial charge in [0.05, 0.1) is 11.8 Å². The molecule has 1 aromatic heterocycles. The highest BCUT2D eigenvalue weighted by Crippen LogP contribution is 2.12. The molecule has 1 heterocycles. The fraction of sp³-hybridized carbons (Fsp3) is 0.636. The van der Waals surface area contributed by atoms with Crippen molar-refractivity contribution in [1.29, 1.82) is 0 Å². The first-order valence-corrected chi connectivity index (χ1v) is 5.28. The van der Waals surface area contributed by atoms with Gasteiger partial charge in [0.25, 0.3) is 5.91 Å². The molecule has 0 aliphatic rings. The summed E-state index contributed by atoms with van der Waals surface area (Å²) in [5.41, 5.74) is 0.619. The Balaban J connectivity index is 2.60. The summed E-state index contributed by atoms with van der Waals surface area (Å²) < 4.78 is 0. The number of aromatic amines is 1. The lowest BCUT2D eigenvalue weighted by Crippen LogP contribution is -2.35. The third kappa shape index (κ3) is 3.08. The van der Waals surface area contributed by atoms with Crippen LogP contribution in [0.4, 0.5) is 0 Å². The maximum Gasteiger partial charge on any atom is 0.257 e. The van der Waals surface area contributed by atoms with Crippen molar-refractivity contribution in [2.24, 2.45) is 5.92 Å². The molecule has 0 radical (unpaired) electrons. The van der Waals surface area contributed by atoms with E-state index < -0.39 is 0 Å². The molecule has 0 aromatic carbocycles. The van der Waals surface area contributed by atoms with Crippen LogP contribution in [-0.2, 0) is 0 Å². The van der Waals surface area contributed by atoms with Crippen molar-refractivity contribution in [3.05, 3.63) is 18.0 Å². The Labute approximate surface area is 90.7 Å². The minimum absolute atomic E-state index is 0.0249. The molecule has 0 spiro atoms. The van der Waals surface area contributed by atoms with Gasteiger partial charge in [0.1, 0.15) is 0 Å². The molecule has 1 amide bonds. The zero-order valence-corrected chi connectivity index (χ0v) is 9.82. The third-order valence-corrected chi connectivity index (χ3v) is 2.54. The van der Waals surface area contributed by atoms with E-state index in [0.717, 1.165) is 6.42 Å². The maximum absolute atomic E-state index is 11.9. The largest absolute Gasteiger partial charge is 0.339 e. The highest BCUT2D eigenvalue weighted by Gasteiger charge is 2.18. The van der Waals surface area contributed by atoms with Gasteiger partial charge in [0, 0.05) is 19.3 Å². The van der Waals surface area contributed by atoms with Crippen LogP contribution in [0.25, 0.3) is 0 Å². The van der Waals surface area contributed by atoms with E-state index in [2.05, 4.69) is 31.0 Å². The normalized spacial score (nSPS) is 12.9. The number of nitrogens with one attached hydrogen (secondary N) is 1. The van der Waals surface area contributed by atoms with Gasteiger partial charge in [-0.3, -0.25) is 9.89 Å². The Morgan fingerprint density at radius 3 is 2.67 bits per heavy atom. The summed E-state index contributed by atoms with van der Waals surface area (Å²) in [5.74, 6) is 0.622. The van der Waals surface area contributed by atoms with Gasteiger partial charge in [0.15, 0.2) is 0 Å². The molecule has 1 rings (SSSR count). The van der Waals surface area contributed by atoms with Crippen molar-refractivity contribution in [2.45, 2.75) is 33.2 Å². The van der Waals surface area contributed by atoms with E-state index in [0.29, 0.717) is 11.5 Å². The average Bonchev–Trinajstić information content (AvgIpc) is 2.67. The first-order chi connectivity index (χ1) is 7.02. The SMILES string of the molecule is CC(C)CC(C)N(C)C(=O)c1cn[nH]c1. The molecule has 1 unspecified atom stereocenters. The minimum Gasteiger partial charge on any atom is -0.339 e. The van der Waals surface area contributed by atoms with Crippen molar-refractivity contribution in [3.63, 3.8) is 0 Å². The van der Waals surface area contributed by atoms with Gasteiger partial charge >= 0.3 is 0 Å². The van der Waals surface area contributed by atoms with Crippen molar-refractivity contribution in [3.8, 4) is 0 Å². The quantitative estimate of drug-likeness (QED) is 0.823. The van der Waals surface area contributed by atoms with E-state index >= 15 is 0 Å². The summed E-state index contributed by atoms with van der Waals surface area (Å²) in [7, 11) is 1.84. The van der Waals surface area contributed by atoms with Crippen LogP contribution in [0.5, 0.6) is 0 Å². The van der Waals surface area contributed by atoms with Crippen LogP contribution in [0, 0.1) is 5.92 Å². The molecule has 0 bridgehead atoms. The molecule has 0 aliphatic carbocycles. The number of hydrogen-bond donors (Lipinski definition) is 1. The Hall–Kier alpha value is -1.32. The summed E-state index contributed by atoms with van der Waals surface area (Å²) in [6.07, 6.45) is 4.20.